The average molecular weight is 346 g/mol. The van der Waals surface area contributed by atoms with E-state index in [4.69, 9.17) is 11.6 Å². The Bertz CT molecular complexity index is 693. The molecule has 124 valence electrons. The molecule has 0 bridgehead atoms. The van der Waals surface area contributed by atoms with Crippen molar-refractivity contribution in [2.75, 3.05) is 24.3 Å². The Labute approximate surface area is 135 Å². The molecule has 0 radical (unpaired) electrons. The van der Waals surface area contributed by atoms with Crippen molar-refractivity contribution < 1.29 is 18.1 Å². The largest absolute Gasteiger partial charge is 0.375 e. The molecule has 2 N–H and O–H groups in total. The van der Waals surface area contributed by atoms with Crippen LogP contribution in [0.5, 0.6) is 0 Å². The Hall–Kier alpha value is -2.42. The number of nitrogens with zero attached hydrogens (tertiary/aromatic N) is 3. The van der Waals surface area contributed by atoms with E-state index >= 15 is 0 Å². The van der Waals surface area contributed by atoms with E-state index in [0.29, 0.717) is 16.4 Å². The smallest absolute Gasteiger partial charge is 0.319 e. The van der Waals surface area contributed by atoms with Crippen LogP contribution in [0.4, 0.5) is 25.0 Å². The summed E-state index contributed by atoms with van der Waals surface area (Å²) < 4.78 is 29.2. The lowest BCUT2D eigenvalue weighted by atomic mass is 10.2. The minimum absolute atomic E-state index is 0.116. The average Bonchev–Trinajstić information content (AvgIpc) is 2.94. The van der Waals surface area contributed by atoms with E-state index < -0.39 is 18.3 Å². The van der Waals surface area contributed by atoms with E-state index in [-0.39, 0.29) is 12.4 Å². The molecule has 1 aromatic carbocycles. The zero-order valence-electron chi connectivity index (χ0n) is 12.3. The van der Waals surface area contributed by atoms with Crippen LogP contribution in [0.2, 0.25) is 5.02 Å². The normalized spacial score (nSPS) is 10.7. The summed E-state index contributed by atoms with van der Waals surface area (Å²) in [4.78, 5) is 17.1. The Kier molecular flexibility index (Phi) is 5.32. The van der Waals surface area contributed by atoms with Gasteiger partial charge in [-0.25, -0.2) is 13.6 Å². The minimum atomic E-state index is -2.82. The molecule has 1 aromatic heterocycles. The van der Waals surface area contributed by atoms with Crippen molar-refractivity contribution in [2.24, 2.45) is 0 Å². The number of para-hydroxylation sites is 1. The maximum absolute atomic E-state index is 12.3. The lowest BCUT2D eigenvalue weighted by molar-refractivity contribution is 0.136. The molecule has 0 aliphatic heterocycles. The third-order valence-corrected chi connectivity index (χ3v) is 3.07. The monoisotopic (exact) mass is 345 g/mol. The fourth-order valence-electron chi connectivity index (χ4n) is 1.82. The lowest BCUT2D eigenvalue weighted by Gasteiger charge is -2.19. The first-order valence-corrected chi connectivity index (χ1v) is 6.87. The summed E-state index contributed by atoms with van der Waals surface area (Å²) in [6.07, 6.45) is -2.82. The molecule has 0 saturated carbocycles. The van der Waals surface area contributed by atoms with E-state index in [1.165, 1.54) is 0 Å². The number of rotatable bonds is 5. The molecule has 0 aliphatic rings. The Morgan fingerprint density at radius 3 is 2.78 bits per heavy atom. The topological polar surface area (TPSA) is 83.3 Å². The number of halogens is 3. The van der Waals surface area contributed by atoms with Crippen LogP contribution in [-0.2, 0) is 6.54 Å². The maximum atomic E-state index is 12.3. The summed E-state index contributed by atoms with van der Waals surface area (Å²) in [6.45, 7) is -0.177. The number of aromatic nitrogens is 2. The van der Waals surface area contributed by atoms with E-state index in [2.05, 4.69) is 25.3 Å². The van der Waals surface area contributed by atoms with Crippen molar-refractivity contribution >= 4 is 29.0 Å². The molecule has 2 aromatic rings. The highest BCUT2D eigenvalue weighted by molar-refractivity contribution is 6.34. The van der Waals surface area contributed by atoms with Crippen molar-refractivity contribution in [2.45, 2.75) is 13.0 Å². The Morgan fingerprint density at radius 2 is 2.17 bits per heavy atom. The first kappa shape index (κ1) is 16.9. The van der Waals surface area contributed by atoms with Gasteiger partial charge in [0, 0.05) is 14.1 Å². The third-order valence-electron chi connectivity index (χ3n) is 2.76. The van der Waals surface area contributed by atoms with Crippen LogP contribution >= 0.6 is 11.6 Å². The van der Waals surface area contributed by atoms with Crippen molar-refractivity contribution in [1.82, 2.24) is 15.5 Å². The molecule has 0 unspecified atom stereocenters. The van der Waals surface area contributed by atoms with Gasteiger partial charge in [-0.2, -0.15) is 4.98 Å². The van der Waals surface area contributed by atoms with Crippen LogP contribution in [0.15, 0.2) is 22.7 Å². The van der Waals surface area contributed by atoms with Crippen molar-refractivity contribution in [3.8, 4) is 0 Å². The molecule has 10 heteroatoms. The van der Waals surface area contributed by atoms with Gasteiger partial charge in [0.1, 0.15) is 0 Å². The van der Waals surface area contributed by atoms with Gasteiger partial charge in [0.2, 0.25) is 11.7 Å². The van der Waals surface area contributed by atoms with Gasteiger partial charge in [0.25, 0.3) is 0 Å². The predicted molar refractivity (Wildman–Crippen MR) is 80.9 cm³/mol. The van der Waals surface area contributed by atoms with Gasteiger partial charge in [-0.3, -0.25) is 0 Å². The number of anilines is 2. The van der Waals surface area contributed by atoms with Crippen LogP contribution in [0, 0.1) is 0 Å². The second-order valence-corrected chi connectivity index (χ2v) is 5.09. The first-order valence-electron chi connectivity index (χ1n) is 6.49. The van der Waals surface area contributed by atoms with Crippen molar-refractivity contribution in [1.29, 1.82) is 0 Å². The molecule has 23 heavy (non-hydrogen) atoms. The summed E-state index contributed by atoms with van der Waals surface area (Å²) in [5.41, 5.74) is 1.14. The quantitative estimate of drug-likeness (QED) is 0.870. The molecule has 0 aliphatic carbocycles. The molecule has 0 spiro atoms. The SMILES string of the molecule is CN(C)c1c(Cl)cccc1NC(=O)NCc1nc(C(F)F)no1. The van der Waals surface area contributed by atoms with E-state index in [0.717, 1.165) is 0 Å². The number of urea groups is 1. The molecule has 7 nitrogen and oxygen atoms in total. The summed E-state index contributed by atoms with van der Waals surface area (Å²) in [7, 11) is 3.57. The van der Waals surface area contributed by atoms with Gasteiger partial charge in [-0.15, -0.1) is 0 Å². The molecule has 0 saturated heterocycles. The van der Waals surface area contributed by atoms with Crippen LogP contribution < -0.4 is 15.5 Å². The lowest BCUT2D eigenvalue weighted by Crippen LogP contribution is -2.29. The number of hydrogen-bond donors (Lipinski definition) is 2. The molecule has 0 atom stereocenters. The second-order valence-electron chi connectivity index (χ2n) is 4.69. The molecular weight excluding hydrogens is 332 g/mol. The highest BCUT2D eigenvalue weighted by atomic mass is 35.5. The Balaban J connectivity index is 1.98. The zero-order chi connectivity index (χ0) is 17.0. The van der Waals surface area contributed by atoms with Crippen molar-refractivity contribution in [3.63, 3.8) is 0 Å². The summed E-state index contributed by atoms with van der Waals surface area (Å²) in [5.74, 6) is -0.832. The highest BCUT2D eigenvalue weighted by Crippen LogP contribution is 2.32. The molecule has 2 rings (SSSR count). The summed E-state index contributed by atoms with van der Waals surface area (Å²) in [5, 5.41) is 8.62. The van der Waals surface area contributed by atoms with Crippen LogP contribution in [0.1, 0.15) is 18.1 Å². The number of nitrogens with one attached hydrogen (secondary N) is 2. The molecule has 0 fully saturated rings. The van der Waals surface area contributed by atoms with Gasteiger partial charge >= 0.3 is 12.5 Å². The Morgan fingerprint density at radius 1 is 1.43 bits per heavy atom. The number of amides is 2. The van der Waals surface area contributed by atoms with E-state index in [1.54, 1.807) is 37.2 Å². The first-order chi connectivity index (χ1) is 10.9. The fourth-order valence-corrected chi connectivity index (χ4v) is 2.17. The standard InChI is InChI=1S/C13H14ClF2N5O2/c1-21(2)10-7(14)4-3-5-8(10)18-13(22)17-6-9-19-12(11(15)16)20-23-9/h3-5,11H,6H2,1-2H3,(H2,17,18,22). The third kappa shape index (κ3) is 4.28. The number of benzene rings is 1. The van der Waals surface area contributed by atoms with Gasteiger partial charge in [-0.05, 0) is 12.1 Å². The van der Waals surface area contributed by atoms with Crippen LogP contribution in [0.3, 0.4) is 0 Å². The van der Waals surface area contributed by atoms with Crippen molar-refractivity contribution in [3.05, 3.63) is 34.9 Å². The molecule has 2 amide bonds. The molecular formula is C13H14ClF2N5O2. The number of alkyl halides is 2. The summed E-state index contributed by atoms with van der Waals surface area (Å²) in [6, 6.07) is 4.51. The van der Waals surface area contributed by atoms with Crippen LogP contribution in [0.25, 0.3) is 0 Å². The van der Waals surface area contributed by atoms with E-state index in [9.17, 15) is 13.6 Å². The van der Waals surface area contributed by atoms with Gasteiger partial charge in [0.15, 0.2) is 0 Å². The molecule has 1 heterocycles. The predicted octanol–water partition coefficient (Wildman–Crippen LogP) is 3.05. The van der Waals surface area contributed by atoms with Gasteiger partial charge in [-0.1, -0.05) is 22.8 Å². The van der Waals surface area contributed by atoms with Crippen LogP contribution in [-0.4, -0.2) is 30.3 Å². The highest BCUT2D eigenvalue weighted by Gasteiger charge is 2.16. The second kappa shape index (κ2) is 7.23. The minimum Gasteiger partial charge on any atom is -0.375 e. The zero-order valence-corrected chi connectivity index (χ0v) is 13.1. The van der Waals surface area contributed by atoms with E-state index in [1.807, 2.05) is 0 Å². The maximum Gasteiger partial charge on any atom is 0.319 e. The number of hydrogen-bond acceptors (Lipinski definition) is 5. The fraction of sp³-hybridized carbons (Fsp3) is 0.308. The summed E-state index contributed by atoms with van der Waals surface area (Å²) >= 11 is 6.10. The number of carbonyl (C=O) groups is 1. The number of carbonyl (C=O) groups excluding carboxylic acids is 1. The van der Waals surface area contributed by atoms with Gasteiger partial charge < -0.3 is 20.1 Å². The van der Waals surface area contributed by atoms with Gasteiger partial charge in [0.05, 0.1) is 22.9 Å².